The highest BCUT2D eigenvalue weighted by Gasteiger charge is 2.21. The van der Waals surface area contributed by atoms with Gasteiger partial charge >= 0.3 is 0 Å². The number of ether oxygens (including phenoxy) is 1. The van der Waals surface area contributed by atoms with Crippen LogP contribution in [0.15, 0.2) is 12.3 Å². The van der Waals surface area contributed by atoms with Gasteiger partial charge in [0, 0.05) is 26.2 Å². The van der Waals surface area contributed by atoms with Gasteiger partial charge in [-0.15, -0.1) is 0 Å². The molecule has 5 nitrogen and oxygen atoms in total. The Bertz CT molecular complexity index is 446. The molecule has 1 N–H and O–H groups in total. The van der Waals surface area contributed by atoms with Crippen molar-refractivity contribution in [1.29, 1.82) is 0 Å². The molecule has 104 valence electrons. The van der Waals surface area contributed by atoms with Crippen LogP contribution in [0.4, 0.5) is 10.2 Å². The third kappa shape index (κ3) is 3.41. The van der Waals surface area contributed by atoms with E-state index in [9.17, 15) is 9.18 Å². The minimum absolute atomic E-state index is 0.201. The number of carbonyl (C=O) groups excluding carboxylic acids is 1. The van der Waals surface area contributed by atoms with Gasteiger partial charge in [-0.3, -0.25) is 4.79 Å². The van der Waals surface area contributed by atoms with Crippen LogP contribution in [-0.2, 0) is 4.74 Å². The van der Waals surface area contributed by atoms with Crippen molar-refractivity contribution in [2.75, 3.05) is 38.2 Å². The number of halogens is 1. The normalized spacial score (nSPS) is 16.0. The van der Waals surface area contributed by atoms with E-state index in [4.69, 9.17) is 4.74 Å². The van der Waals surface area contributed by atoms with Gasteiger partial charge in [0.1, 0.15) is 11.6 Å². The number of aromatic nitrogens is 1. The highest BCUT2D eigenvalue weighted by Crippen LogP contribution is 2.17. The maximum Gasteiger partial charge on any atom is 0.257 e. The van der Waals surface area contributed by atoms with Gasteiger partial charge in [0.25, 0.3) is 5.91 Å². The van der Waals surface area contributed by atoms with E-state index in [1.54, 1.807) is 4.90 Å². The van der Waals surface area contributed by atoms with Crippen molar-refractivity contribution in [3.8, 4) is 0 Å². The molecule has 6 heteroatoms. The van der Waals surface area contributed by atoms with Gasteiger partial charge in [0.05, 0.1) is 18.4 Å². The molecule has 0 unspecified atom stereocenters. The molecule has 0 atom stereocenters. The Morgan fingerprint density at radius 1 is 1.53 bits per heavy atom. The Kier molecular flexibility index (Phi) is 4.68. The molecule has 0 aromatic carbocycles. The lowest BCUT2D eigenvalue weighted by Gasteiger charge is -2.21. The van der Waals surface area contributed by atoms with Crippen molar-refractivity contribution in [3.63, 3.8) is 0 Å². The first-order valence-corrected chi connectivity index (χ1v) is 6.49. The second-order valence-corrected chi connectivity index (χ2v) is 4.34. The number of nitrogens with zero attached hydrogens (tertiary/aromatic N) is 2. The number of carbonyl (C=O) groups is 1. The van der Waals surface area contributed by atoms with Crippen LogP contribution in [0.25, 0.3) is 0 Å². The monoisotopic (exact) mass is 267 g/mol. The molecule has 0 saturated carbocycles. The summed E-state index contributed by atoms with van der Waals surface area (Å²) >= 11 is 0. The quantitative estimate of drug-likeness (QED) is 0.902. The van der Waals surface area contributed by atoms with Gasteiger partial charge in [-0.2, -0.15) is 0 Å². The molecule has 2 rings (SSSR count). The van der Waals surface area contributed by atoms with Gasteiger partial charge < -0.3 is 15.0 Å². The fourth-order valence-corrected chi connectivity index (χ4v) is 2.03. The fourth-order valence-electron chi connectivity index (χ4n) is 2.03. The molecule has 1 saturated heterocycles. The van der Waals surface area contributed by atoms with Crippen LogP contribution in [0.3, 0.4) is 0 Å². The summed E-state index contributed by atoms with van der Waals surface area (Å²) in [6, 6.07) is 1.24. The standard InChI is InChI=1S/C13H18FN3O2/c1-2-15-12-11(8-10(14)9-16-12)13(18)17-4-3-6-19-7-5-17/h8-9H,2-7H2,1H3,(H,15,16). The van der Waals surface area contributed by atoms with Crippen LogP contribution < -0.4 is 5.32 Å². The number of pyridine rings is 1. The first-order chi connectivity index (χ1) is 9.22. The molecule has 1 amide bonds. The maximum absolute atomic E-state index is 13.3. The van der Waals surface area contributed by atoms with E-state index in [2.05, 4.69) is 10.3 Å². The van der Waals surface area contributed by atoms with E-state index in [1.165, 1.54) is 6.07 Å². The molecular weight excluding hydrogens is 249 g/mol. The zero-order chi connectivity index (χ0) is 13.7. The Morgan fingerprint density at radius 3 is 3.16 bits per heavy atom. The third-order valence-corrected chi connectivity index (χ3v) is 2.94. The molecule has 1 aromatic rings. The van der Waals surface area contributed by atoms with Crippen molar-refractivity contribution in [2.45, 2.75) is 13.3 Å². The molecule has 1 aromatic heterocycles. The highest BCUT2D eigenvalue weighted by molar-refractivity contribution is 5.98. The average molecular weight is 267 g/mol. The molecule has 0 radical (unpaired) electrons. The maximum atomic E-state index is 13.3. The third-order valence-electron chi connectivity index (χ3n) is 2.94. The lowest BCUT2D eigenvalue weighted by Crippen LogP contribution is -2.34. The van der Waals surface area contributed by atoms with Crippen molar-refractivity contribution in [3.05, 3.63) is 23.6 Å². The number of nitrogens with one attached hydrogen (secondary N) is 1. The van der Waals surface area contributed by atoms with E-state index in [0.717, 1.165) is 12.6 Å². The number of anilines is 1. The van der Waals surface area contributed by atoms with Crippen LogP contribution in [0.5, 0.6) is 0 Å². The molecule has 1 fully saturated rings. The van der Waals surface area contributed by atoms with Gasteiger partial charge in [-0.25, -0.2) is 9.37 Å². The Morgan fingerprint density at radius 2 is 2.37 bits per heavy atom. The van der Waals surface area contributed by atoms with Crippen LogP contribution in [0.1, 0.15) is 23.7 Å². The predicted octanol–water partition coefficient (Wildman–Crippen LogP) is 1.51. The van der Waals surface area contributed by atoms with E-state index in [-0.39, 0.29) is 11.5 Å². The lowest BCUT2D eigenvalue weighted by molar-refractivity contribution is 0.0741. The summed E-state index contributed by atoms with van der Waals surface area (Å²) in [5.41, 5.74) is 0.281. The molecular formula is C13H18FN3O2. The largest absolute Gasteiger partial charge is 0.380 e. The zero-order valence-electron chi connectivity index (χ0n) is 11.0. The molecule has 2 heterocycles. The second-order valence-electron chi connectivity index (χ2n) is 4.34. The Hall–Kier alpha value is -1.69. The second kappa shape index (κ2) is 6.47. The summed E-state index contributed by atoms with van der Waals surface area (Å²) < 4.78 is 18.6. The fraction of sp³-hybridized carbons (Fsp3) is 0.538. The summed E-state index contributed by atoms with van der Waals surface area (Å²) in [6.45, 7) is 4.86. The number of hydrogen-bond donors (Lipinski definition) is 1. The highest BCUT2D eigenvalue weighted by atomic mass is 19.1. The minimum atomic E-state index is -0.504. The Labute approximate surface area is 111 Å². The van der Waals surface area contributed by atoms with E-state index < -0.39 is 5.82 Å². The van der Waals surface area contributed by atoms with Crippen LogP contribution in [0, 0.1) is 5.82 Å². The van der Waals surface area contributed by atoms with Crippen LogP contribution in [0.2, 0.25) is 0 Å². The van der Waals surface area contributed by atoms with E-state index >= 15 is 0 Å². The summed E-state index contributed by atoms with van der Waals surface area (Å²) in [5, 5.41) is 2.98. The van der Waals surface area contributed by atoms with Gasteiger partial charge in [0.2, 0.25) is 0 Å². The van der Waals surface area contributed by atoms with Crippen molar-refractivity contribution in [1.82, 2.24) is 9.88 Å². The molecule has 1 aliphatic rings. The summed E-state index contributed by atoms with van der Waals surface area (Å²) in [5.74, 6) is -0.274. The van der Waals surface area contributed by atoms with Crippen LogP contribution >= 0.6 is 0 Å². The van der Waals surface area contributed by atoms with Crippen molar-refractivity contribution in [2.24, 2.45) is 0 Å². The topological polar surface area (TPSA) is 54.5 Å². The van der Waals surface area contributed by atoms with Gasteiger partial charge in [-0.05, 0) is 19.4 Å². The van der Waals surface area contributed by atoms with Gasteiger partial charge in [-0.1, -0.05) is 0 Å². The average Bonchev–Trinajstić information content (AvgIpc) is 2.69. The molecule has 0 aliphatic carbocycles. The molecule has 19 heavy (non-hydrogen) atoms. The summed E-state index contributed by atoms with van der Waals surface area (Å²) in [6.07, 6.45) is 1.91. The SMILES string of the molecule is CCNc1ncc(F)cc1C(=O)N1CCCOCC1. The van der Waals surface area contributed by atoms with E-state index in [0.29, 0.717) is 38.7 Å². The predicted molar refractivity (Wildman–Crippen MR) is 69.7 cm³/mol. The zero-order valence-corrected chi connectivity index (χ0v) is 11.0. The van der Waals surface area contributed by atoms with Gasteiger partial charge in [0.15, 0.2) is 0 Å². The first-order valence-electron chi connectivity index (χ1n) is 6.49. The number of hydrogen-bond acceptors (Lipinski definition) is 4. The number of amides is 1. The first kappa shape index (κ1) is 13.7. The molecule has 0 spiro atoms. The Balaban J connectivity index is 2.23. The summed E-state index contributed by atoms with van der Waals surface area (Å²) in [4.78, 5) is 18.1. The van der Waals surface area contributed by atoms with Crippen molar-refractivity contribution >= 4 is 11.7 Å². The van der Waals surface area contributed by atoms with E-state index in [1.807, 2.05) is 6.92 Å². The molecule has 0 bridgehead atoms. The minimum Gasteiger partial charge on any atom is -0.380 e. The van der Waals surface area contributed by atoms with Crippen molar-refractivity contribution < 1.29 is 13.9 Å². The number of rotatable bonds is 3. The smallest absolute Gasteiger partial charge is 0.257 e. The van der Waals surface area contributed by atoms with Crippen LogP contribution in [-0.4, -0.2) is 48.6 Å². The lowest BCUT2D eigenvalue weighted by atomic mass is 10.2. The summed E-state index contributed by atoms with van der Waals surface area (Å²) in [7, 11) is 0. The molecule has 1 aliphatic heterocycles.